The molecule has 0 aromatic carbocycles. The summed E-state index contributed by atoms with van der Waals surface area (Å²) >= 11 is 5.45. The zero-order valence-corrected chi connectivity index (χ0v) is 9.34. The van der Waals surface area contributed by atoms with Gasteiger partial charge < -0.3 is 4.90 Å². The number of likely N-dealkylation sites (tertiary alicyclic amines) is 1. The number of nitrogens with zero attached hydrogens (tertiary/aromatic N) is 1. The Morgan fingerprint density at radius 3 is 2.71 bits per heavy atom. The van der Waals surface area contributed by atoms with E-state index in [4.69, 9.17) is 11.6 Å². The predicted molar refractivity (Wildman–Crippen MR) is 63.6 cm³/mol. The van der Waals surface area contributed by atoms with E-state index >= 15 is 0 Å². The van der Waals surface area contributed by atoms with Gasteiger partial charge in [0, 0.05) is 5.54 Å². The van der Waals surface area contributed by atoms with E-state index in [1.807, 2.05) is 18.2 Å². The van der Waals surface area contributed by atoms with Crippen LogP contribution in [0.4, 0.5) is 0 Å². The van der Waals surface area contributed by atoms with Crippen LogP contribution in [0.3, 0.4) is 0 Å². The molecule has 0 spiro atoms. The molecule has 0 atom stereocenters. The monoisotopic (exact) mass is 211 g/mol. The summed E-state index contributed by atoms with van der Waals surface area (Å²) in [6.07, 6.45) is 9.47. The van der Waals surface area contributed by atoms with Crippen molar-refractivity contribution < 1.29 is 0 Å². The molecular formula is C12H18ClN. The summed E-state index contributed by atoms with van der Waals surface area (Å²) in [7, 11) is 0. The first-order valence-corrected chi connectivity index (χ1v) is 5.61. The average molecular weight is 212 g/mol. The van der Waals surface area contributed by atoms with E-state index in [9.17, 15) is 0 Å². The Bertz CT molecular complexity index is 226. The third-order valence-corrected chi connectivity index (χ3v) is 2.68. The molecule has 1 aliphatic heterocycles. The molecule has 0 amide bonds. The van der Waals surface area contributed by atoms with Crippen LogP contribution >= 0.6 is 11.6 Å². The van der Waals surface area contributed by atoms with Crippen LogP contribution in [-0.2, 0) is 0 Å². The zero-order chi connectivity index (χ0) is 10.2. The highest BCUT2D eigenvalue weighted by atomic mass is 35.5. The van der Waals surface area contributed by atoms with Gasteiger partial charge in [-0.05, 0) is 44.5 Å². The fraction of sp³-hybridized carbons (Fsp3) is 0.500. The smallest absolute Gasteiger partial charge is 0.00425 e. The minimum atomic E-state index is 1.10. The van der Waals surface area contributed by atoms with Crippen molar-refractivity contribution >= 4 is 11.6 Å². The van der Waals surface area contributed by atoms with Crippen molar-refractivity contribution in [3.8, 4) is 0 Å². The zero-order valence-electron chi connectivity index (χ0n) is 8.58. The maximum Gasteiger partial charge on any atom is 0.00425 e. The maximum atomic E-state index is 5.45. The molecule has 0 N–H and O–H groups in total. The Labute approximate surface area is 91.7 Å². The standard InChI is InChI=1S/C12H18ClN/c1-2-12(6-3-8-13)7-4-9-14-10-5-11-14/h2-3,6,8H,1,4-5,7,9-11H2. The van der Waals surface area contributed by atoms with Gasteiger partial charge in [-0.15, -0.1) is 0 Å². The fourth-order valence-corrected chi connectivity index (χ4v) is 1.60. The Morgan fingerprint density at radius 2 is 2.21 bits per heavy atom. The lowest BCUT2D eigenvalue weighted by Crippen LogP contribution is -2.37. The van der Waals surface area contributed by atoms with Crippen molar-refractivity contribution in [3.05, 3.63) is 35.9 Å². The summed E-state index contributed by atoms with van der Waals surface area (Å²) in [5, 5.41) is 0. The highest BCUT2D eigenvalue weighted by Crippen LogP contribution is 2.11. The van der Waals surface area contributed by atoms with Gasteiger partial charge in [0.1, 0.15) is 0 Å². The van der Waals surface area contributed by atoms with E-state index in [1.54, 1.807) is 0 Å². The first kappa shape index (κ1) is 11.5. The second kappa shape index (κ2) is 6.86. The fourth-order valence-electron chi connectivity index (χ4n) is 1.53. The number of allylic oxidation sites excluding steroid dienone is 4. The largest absolute Gasteiger partial charge is 0.303 e. The highest BCUT2D eigenvalue weighted by Gasteiger charge is 2.11. The minimum Gasteiger partial charge on any atom is -0.303 e. The van der Waals surface area contributed by atoms with E-state index < -0.39 is 0 Å². The summed E-state index contributed by atoms with van der Waals surface area (Å²) in [4.78, 5) is 2.48. The number of halogens is 1. The van der Waals surface area contributed by atoms with Crippen LogP contribution in [0.15, 0.2) is 35.9 Å². The second-order valence-electron chi connectivity index (χ2n) is 3.56. The molecule has 0 saturated carbocycles. The van der Waals surface area contributed by atoms with Crippen LogP contribution in [0.1, 0.15) is 19.3 Å². The lowest BCUT2D eigenvalue weighted by Gasteiger charge is -2.30. The molecule has 0 bridgehead atoms. The Balaban J connectivity index is 2.16. The van der Waals surface area contributed by atoms with Gasteiger partial charge in [0.15, 0.2) is 0 Å². The molecule has 0 unspecified atom stereocenters. The molecule has 1 nitrogen and oxygen atoms in total. The summed E-state index contributed by atoms with van der Waals surface area (Å²) in [5.41, 5.74) is 2.79. The molecule has 0 radical (unpaired) electrons. The number of hydrogen-bond acceptors (Lipinski definition) is 1. The van der Waals surface area contributed by atoms with Crippen LogP contribution in [0.5, 0.6) is 0 Å². The molecule has 1 aliphatic rings. The number of rotatable bonds is 6. The molecule has 2 heteroatoms. The van der Waals surface area contributed by atoms with E-state index in [-0.39, 0.29) is 0 Å². The molecule has 78 valence electrons. The Kier molecular flexibility index (Phi) is 5.65. The normalized spacial score (nSPS) is 18.5. The van der Waals surface area contributed by atoms with Crippen LogP contribution in [0.25, 0.3) is 0 Å². The van der Waals surface area contributed by atoms with Gasteiger partial charge in [0.25, 0.3) is 0 Å². The molecule has 0 aliphatic carbocycles. The van der Waals surface area contributed by atoms with E-state index in [1.165, 1.54) is 43.6 Å². The summed E-state index contributed by atoms with van der Waals surface area (Å²) in [5.74, 6) is 0. The van der Waals surface area contributed by atoms with Gasteiger partial charge in [0.2, 0.25) is 0 Å². The third-order valence-electron chi connectivity index (χ3n) is 2.53. The quantitative estimate of drug-likeness (QED) is 0.610. The van der Waals surface area contributed by atoms with Crippen molar-refractivity contribution in [2.75, 3.05) is 19.6 Å². The predicted octanol–water partition coefficient (Wildman–Crippen LogP) is 3.34. The SMILES string of the molecule is C=CC(=CC=CCl)CCCN1CCC1. The molecule has 0 aromatic heterocycles. The van der Waals surface area contributed by atoms with Gasteiger partial charge >= 0.3 is 0 Å². The third kappa shape index (κ3) is 4.12. The summed E-state index contributed by atoms with van der Waals surface area (Å²) in [6.45, 7) is 7.58. The molecular weight excluding hydrogens is 194 g/mol. The first-order valence-electron chi connectivity index (χ1n) is 5.17. The first-order chi connectivity index (χ1) is 6.86. The van der Waals surface area contributed by atoms with Crippen LogP contribution in [-0.4, -0.2) is 24.5 Å². The van der Waals surface area contributed by atoms with Gasteiger partial charge in [-0.1, -0.05) is 36.4 Å². The van der Waals surface area contributed by atoms with Gasteiger partial charge in [-0.25, -0.2) is 0 Å². The summed E-state index contributed by atoms with van der Waals surface area (Å²) < 4.78 is 0. The summed E-state index contributed by atoms with van der Waals surface area (Å²) in [6, 6.07) is 0. The van der Waals surface area contributed by atoms with Crippen molar-refractivity contribution in [1.29, 1.82) is 0 Å². The average Bonchev–Trinajstić information content (AvgIpc) is 2.14. The van der Waals surface area contributed by atoms with Crippen molar-refractivity contribution in [1.82, 2.24) is 4.90 Å². The van der Waals surface area contributed by atoms with Crippen molar-refractivity contribution in [3.63, 3.8) is 0 Å². The second-order valence-corrected chi connectivity index (χ2v) is 3.81. The Morgan fingerprint density at radius 1 is 1.43 bits per heavy atom. The van der Waals surface area contributed by atoms with Crippen molar-refractivity contribution in [2.24, 2.45) is 0 Å². The van der Waals surface area contributed by atoms with Crippen LogP contribution < -0.4 is 0 Å². The van der Waals surface area contributed by atoms with E-state index in [0.717, 1.165) is 6.42 Å². The lowest BCUT2D eigenvalue weighted by atomic mass is 10.1. The molecule has 1 fully saturated rings. The van der Waals surface area contributed by atoms with Gasteiger partial charge in [0.05, 0.1) is 0 Å². The molecule has 1 rings (SSSR count). The van der Waals surface area contributed by atoms with Crippen molar-refractivity contribution in [2.45, 2.75) is 19.3 Å². The molecule has 1 saturated heterocycles. The minimum absolute atomic E-state index is 1.10. The van der Waals surface area contributed by atoms with Crippen LogP contribution in [0.2, 0.25) is 0 Å². The lowest BCUT2D eigenvalue weighted by molar-refractivity contribution is 0.180. The van der Waals surface area contributed by atoms with Crippen LogP contribution in [0, 0.1) is 0 Å². The number of hydrogen-bond donors (Lipinski definition) is 0. The molecule has 14 heavy (non-hydrogen) atoms. The van der Waals surface area contributed by atoms with E-state index in [0.29, 0.717) is 0 Å². The highest BCUT2D eigenvalue weighted by molar-refractivity contribution is 6.25. The van der Waals surface area contributed by atoms with Gasteiger partial charge in [-0.3, -0.25) is 0 Å². The maximum absolute atomic E-state index is 5.45. The Hall–Kier alpha value is -0.530. The molecule has 0 aromatic rings. The van der Waals surface area contributed by atoms with E-state index in [2.05, 4.69) is 11.5 Å². The van der Waals surface area contributed by atoms with Gasteiger partial charge in [-0.2, -0.15) is 0 Å². The topological polar surface area (TPSA) is 3.24 Å². The molecule has 1 heterocycles.